The fraction of sp³-hybridized carbons (Fsp3) is 0.900. The molecule has 2 N–H and O–H groups in total. The van der Waals surface area contributed by atoms with Crippen molar-refractivity contribution in [3.05, 3.63) is 0 Å². The standard InChI is InChI=1S/C10H20N2O2/c1-8(7-10(13)14)11-5-6-12(2)9-3-4-9/h8-9,11H,3-7H2,1-2H3,(H,13,14). The molecule has 0 aromatic heterocycles. The summed E-state index contributed by atoms with van der Waals surface area (Å²) in [5, 5.41) is 11.7. The predicted molar refractivity (Wildman–Crippen MR) is 55.4 cm³/mol. The zero-order valence-electron chi connectivity index (χ0n) is 8.99. The Bertz CT molecular complexity index is 193. The highest BCUT2D eigenvalue weighted by atomic mass is 16.4. The normalized spacial score (nSPS) is 18.5. The second-order valence-corrected chi connectivity index (χ2v) is 4.16. The predicted octanol–water partition coefficient (Wildman–Crippen LogP) is 0.533. The number of rotatable bonds is 7. The van der Waals surface area contributed by atoms with E-state index >= 15 is 0 Å². The molecule has 0 radical (unpaired) electrons. The molecule has 4 heteroatoms. The molecule has 0 spiro atoms. The fourth-order valence-corrected chi connectivity index (χ4v) is 1.52. The number of nitrogens with one attached hydrogen (secondary N) is 1. The van der Waals surface area contributed by atoms with Crippen LogP contribution in [0.5, 0.6) is 0 Å². The first kappa shape index (κ1) is 11.5. The number of carboxylic acids is 1. The van der Waals surface area contributed by atoms with Crippen molar-refractivity contribution in [2.45, 2.75) is 38.3 Å². The first-order chi connectivity index (χ1) is 6.59. The first-order valence-electron chi connectivity index (χ1n) is 5.25. The SMILES string of the molecule is CC(CC(=O)O)NCCN(C)C1CC1. The van der Waals surface area contributed by atoms with Gasteiger partial charge in [0.05, 0.1) is 6.42 Å². The summed E-state index contributed by atoms with van der Waals surface area (Å²) in [7, 11) is 2.13. The van der Waals surface area contributed by atoms with E-state index in [1.54, 1.807) is 0 Å². The Balaban J connectivity index is 1.99. The number of carbonyl (C=O) groups is 1. The zero-order chi connectivity index (χ0) is 10.6. The zero-order valence-corrected chi connectivity index (χ0v) is 8.99. The van der Waals surface area contributed by atoms with Gasteiger partial charge in [-0.25, -0.2) is 0 Å². The van der Waals surface area contributed by atoms with Crippen LogP contribution in [-0.2, 0) is 4.79 Å². The van der Waals surface area contributed by atoms with E-state index in [-0.39, 0.29) is 12.5 Å². The Hall–Kier alpha value is -0.610. The molecular weight excluding hydrogens is 180 g/mol. The lowest BCUT2D eigenvalue weighted by molar-refractivity contribution is -0.137. The van der Waals surface area contributed by atoms with Crippen molar-refractivity contribution in [1.82, 2.24) is 10.2 Å². The average Bonchev–Trinajstić information content (AvgIpc) is 2.84. The van der Waals surface area contributed by atoms with Crippen LogP contribution in [-0.4, -0.2) is 48.2 Å². The molecule has 1 unspecified atom stereocenters. The van der Waals surface area contributed by atoms with E-state index in [0.717, 1.165) is 19.1 Å². The monoisotopic (exact) mass is 200 g/mol. The molecule has 4 nitrogen and oxygen atoms in total. The highest BCUT2D eigenvalue weighted by Gasteiger charge is 2.25. The van der Waals surface area contributed by atoms with E-state index in [2.05, 4.69) is 17.3 Å². The molecule has 0 aromatic rings. The van der Waals surface area contributed by atoms with Crippen LogP contribution >= 0.6 is 0 Å². The Morgan fingerprint density at radius 2 is 2.29 bits per heavy atom. The molecule has 0 amide bonds. The van der Waals surface area contributed by atoms with Crippen LogP contribution in [0.3, 0.4) is 0 Å². The average molecular weight is 200 g/mol. The summed E-state index contributed by atoms with van der Waals surface area (Å²) in [6, 6.07) is 0.853. The van der Waals surface area contributed by atoms with Gasteiger partial charge in [-0.2, -0.15) is 0 Å². The molecule has 0 saturated heterocycles. The van der Waals surface area contributed by atoms with E-state index < -0.39 is 5.97 Å². The van der Waals surface area contributed by atoms with Crippen molar-refractivity contribution in [3.8, 4) is 0 Å². The number of carboxylic acid groups (broad SMARTS) is 1. The molecule has 0 aromatic carbocycles. The van der Waals surface area contributed by atoms with Crippen molar-refractivity contribution in [3.63, 3.8) is 0 Å². The second kappa shape index (κ2) is 5.32. The van der Waals surface area contributed by atoms with Gasteiger partial charge >= 0.3 is 5.97 Å². The van der Waals surface area contributed by atoms with Crippen molar-refractivity contribution >= 4 is 5.97 Å². The lowest BCUT2D eigenvalue weighted by atomic mass is 10.2. The van der Waals surface area contributed by atoms with Gasteiger partial charge in [0.25, 0.3) is 0 Å². The lowest BCUT2D eigenvalue weighted by Gasteiger charge is -2.17. The Morgan fingerprint density at radius 1 is 1.64 bits per heavy atom. The summed E-state index contributed by atoms with van der Waals surface area (Å²) in [4.78, 5) is 12.7. The van der Waals surface area contributed by atoms with Gasteiger partial charge in [-0.1, -0.05) is 0 Å². The lowest BCUT2D eigenvalue weighted by Crippen LogP contribution is -2.36. The number of hydrogen-bond acceptors (Lipinski definition) is 3. The molecular formula is C10H20N2O2. The number of hydrogen-bond donors (Lipinski definition) is 2. The summed E-state index contributed by atoms with van der Waals surface area (Å²) in [6.45, 7) is 3.79. The minimum atomic E-state index is -0.736. The molecule has 1 rings (SSSR count). The van der Waals surface area contributed by atoms with Gasteiger partial charge in [-0.15, -0.1) is 0 Å². The maximum atomic E-state index is 10.4. The van der Waals surface area contributed by atoms with Gasteiger partial charge in [0.2, 0.25) is 0 Å². The number of aliphatic carboxylic acids is 1. The highest BCUT2D eigenvalue weighted by Crippen LogP contribution is 2.24. The molecule has 0 aliphatic heterocycles. The Kier molecular flexibility index (Phi) is 4.35. The maximum Gasteiger partial charge on any atom is 0.304 e. The van der Waals surface area contributed by atoms with E-state index in [4.69, 9.17) is 5.11 Å². The third kappa shape index (κ3) is 4.58. The van der Waals surface area contributed by atoms with E-state index in [1.807, 2.05) is 6.92 Å². The van der Waals surface area contributed by atoms with Crippen molar-refractivity contribution in [2.24, 2.45) is 0 Å². The second-order valence-electron chi connectivity index (χ2n) is 4.16. The molecule has 82 valence electrons. The molecule has 14 heavy (non-hydrogen) atoms. The third-order valence-corrected chi connectivity index (χ3v) is 2.61. The molecule has 1 aliphatic carbocycles. The largest absolute Gasteiger partial charge is 0.481 e. The minimum Gasteiger partial charge on any atom is -0.481 e. The third-order valence-electron chi connectivity index (χ3n) is 2.61. The molecule has 0 heterocycles. The molecule has 1 aliphatic rings. The number of likely N-dealkylation sites (N-methyl/N-ethyl adjacent to an activating group) is 1. The quantitative estimate of drug-likeness (QED) is 0.629. The highest BCUT2D eigenvalue weighted by molar-refractivity contribution is 5.67. The van der Waals surface area contributed by atoms with Crippen molar-refractivity contribution in [2.75, 3.05) is 20.1 Å². The van der Waals surface area contributed by atoms with Gasteiger partial charge in [0, 0.05) is 25.2 Å². The van der Waals surface area contributed by atoms with Crippen molar-refractivity contribution < 1.29 is 9.90 Å². The van der Waals surface area contributed by atoms with Crippen LogP contribution in [0.15, 0.2) is 0 Å². The summed E-state index contributed by atoms with van der Waals surface area (Å²) in [5.74, 6) is -0.736. The van der Waals surface area contributed by atoms with Crippen LogP contribution in [0.25, 0.3) is 0 Å². The summed E-state index contributed by atoms with van der Waals surface area (Å²) in [6.07, 6.45) is 2.84. The van der Waals surface area contributed by atoms with E-state index in [0.29, 0.717) is 0 Å². The van der Waals surface area contributed by atoms with Gasteiger partial charge in [0.15, 0.2) is 0 Å². The van der Waals surface area contributed by atoms with Crippen LogP contribution in [0, 0.1) is 0 Å². The van der Waals surface area contributed by atoms with Gasteiger partial charge in [-0.3, -0.25) is 4.79 Å². The van der Waals surface area contributed by atoms with E-state index in [1.165, 1.54) is 12.8 Å². The first-order valence-corrected chi connectivity index (χ1v) is 5.25. The van der Waals surface area contributed by atoms with Crippen molar-refractivity contribution in [1.29, 1.82) is 0 Å². The Labute approximate surface area is 85.3 Å². The molecule has 1 fully saturated rings. The van der Waals surface area contributed by atoms with Gasteiger partial charge in [-0.05, 0) is 26.8 Å². The topological polar surface area (TPSA) is 52.6 Å². The van der Waals surface area contributed by atoms with Crippen LogP contribution in [0.2, 0.25) is 0 Å². The fourth-order valence-electron chi connectivity index (χ4n) is 1.52. The Morgan fingerprint density at radius 3 is 2.79 bits per heavy atom. The molecule has 0 bridgehead atoms. The maximum absolute atomic E-state index is 10.4. The molecule has 1 saturated carbocycles. The smallest absolute Gasteiger partial charge is 0.304 e. The number of nitrogens with zero attached hydrogens (tertiary/aromatic N) is 1. The summed E-state index contributed by atoms with van der Waals surface area (Å²) in [5.41, 5.74) is 0. The summed E-state index contributed by atoms with van der Waals surface area (Å²) >= 11 is 0. The van der Waals surface area contributed by atoms with Gasteiger partial charge in [0.1, 0.15) is 0 Å². The van der Waals surface area contributed by atoms with Crippen LogP contribution in [0.1, 0.15) is 26.2 Å². The molecule has 1 atom stereocenters. The van der Waals surface area contributed by atoms with E-state index in [9.17, 15) is 4.79 Å². The van der Waals surface area contributed by atoms with Crippen LogP contribution in [0.4, 0.5) is 0 Å². The van der Waals surface area contributed by atoms with Crippen LogP contribution < -0.4 is 5.32 Å². The minimum absolute atomic E-state index is 0.0695. The van der Waals surface area contributed by atoms with Gasteiger partial charge < -0.3 is 15.3 Å². The summed E-state index contributed by atoms with van der Waals surface area (Å²) < 4.78 is 0.